The minimum atomic E-state index is -0.0997. The third-order valence-corrected chi connectivity index (χ3v) is 6.45. The van der Waals surface area contributed by atoms with Crippen LogP contribution in [0.25, 0.3) is 28.1 Å². The third kappa shape index (κ3) is 4.49. The maximum atomic E-state index is 6.04. The van der Waals surface area contributed by atoms with Crippen LogP contribution < -0.4 is 4.90 Å². The van der Waals surface area contributed by atoms with Gasteiger partial charge in [-0.2, -0.15) is 5.10 Å². The topological polar surface area (TPSA) is 116 Å². The number of rotatable bonds is 5. The van der Waals surface area contributed by atoms with Gasteiger partial charge in [0.15, 0.2) is 5.65 Å². The van der Waals surface area contributed by atoms with E-state index >= 15 is 0 Å². The van der Waals surface area contributed by atoms with Crippen LogP contribution in [0.15, 0.2) is 37.1 Å². The first-order valence-electron chi connectivity index (χ1n) is 11.7. The van der Waals surface area contributed by atoms with Crippen LogP contribution in [0.3, 0.4) is 0 Å². The van der Waals surface area contributed by atoms with Gasteiger partial charge in [-0.3, -0.25) is 4.68 Å². The summed E-state index contributed by atoms with van der Waals surface area (Å²) in [4.78, 5) is 23.0. The minimum absolute atomic E-state index is 0.0997. The van der Waals surface area contributed by atoms with Crippen molar-refractivity contribution < 1.29 is 4.74 Å². The van der Waals surface area contributed by atoms with Crippen LogP contribution in [0.4, 0.5) is 5.95 Å². The molecule has 12 heteroatoms. The molecule has 0 aliphatic carbocycles. The molecule has 1 fully saturated rings. The highest BCUT2D eigenvalue weighted by atomic mass is 16.5. The molecular formula is C23H27N11O. The van der Waals surface area contributed by atoms with Crippen molar-refractivity contribution in [1.29, 1.82) is 0 Å². The van der Waals surface area contributed by atoms with Gasteiger partial charge in [-0.1, -0.05) is 11.3 Å². The zero-order valence-corrected chi connectivity index (χ0v) is 19.8. The van der Waals surface area contributed by atoms with Crippen molar-refractivity contribution in [3.63, 3.8) is 0 Å². The van der Waals surface area contributed by atoms with Gasteiger partial charge in [0.2, 0.25) is 11.6 Å². The zero-order valence-electron chi connectivity index (χ0n) is 19.8. The Bertz CT molecular complexity index is 1360. The van der Waals surface area contributed by atoms with Crippen molar-refractivity contribution in [2.45, 2.75) is 19.1 Å². The van der Waals surface area contributed by atoms with Gasteiger partial charge in [0.05, 0.1) is 37.3 Å². The first-order valence-corrected chi connectivity index (χ1v) is 11.7. The lowest BCUT2D eigenvalue weighted by atomic mass is 10.0. The molecule has 2 aliphatic rings. The van der Waals surface area contributed by atoms with Gasteiger partial charge in [-0.25, -0.2) is 24.6 Å². The fourth-order valence-corrected chi connectivity index (χ4v) is 4.46. The Morgan fingerprint density at radius 2 is 1.91 bits per heavy atom. The number of hydrogen-bond acceptors (Lipinski definition) is 10. The van der Waals surface area contributed by atoms with E-state index in [2.05, 4.69) is 53.3 Å². The molecule has 1 saturated heterocycles. The number of aryl methyl sites for hydroxylation is 1. The number of anilines is 1. The highest BCUT2D eigenvalue weighted by Gasteiger charge is 2.24. The molecule has 4 aromatic rings. The van der Waals surface area contributed by atoms with E-state index in [9.17, 15) is 0 Å². The van der Waals surface area contributed by atoms with E-state index < -0.39 is 0 Å². The maximum absolute atomic E-state index is 6.04. The Morgan fingerprint density at radius 3 is 2.69 bits per heavy atom. The Kier molecular flexibility index (Phi) is 5.66. The fourth-order valence-electron chi connectivity index (χ4n) is 4.46. The van der Waals surface area contributed by atoms with E-state index in [1.54, 1.807) is 21.8 Å². The molecular weight excluding hydrogens is 446 g/mol. The highest BCUT2D eigenvalue weighted by Crippen LogP contribution is 2.23. The van der Waals surface area contributed by atoms with Gasteiger partial charge in [0, 0.05) is 62.9 Å². The summed E-state index contributed by atoms with van der Waals surface area (Å²) in [5.41, 5.74) is 5.18. The Labute approximate surface area is 202 Å². The van der Waals surface area contributed by atoms with Crippen LogP contribution in [-0.4, -0.2) is 95.5 Å². The maximum Gasteiger partial charge on any atom is 0.225 e. The summed E-state index contributed by atoms with van der Waals surface area (Å²) in [6.07, 6.45) is 12.4. The Balaban J connectivity index is 1.16. The quantitative estimate of drug-likeness (QED) is 0.416. The van der Waals surface area contributed by atoms with Crippen molar-refractivity contribution in [2.75, 3.05) is 44.7 Å². The summed E-state index contributed by atoms with van der Waals surface area (Å²) in [5.74, 6) is 0.720. The zero-order chi connectivity index (χ0) is 23.8. The Hall–Kier alpha value is -3.77. The van der Waals surface area contributed by atoms with Gasteiger partial charge in [-0.05, 0) is 19.0 Å². The van der Waals surface area contributed by atoms with Crippen LogP contribution >= 0.6 is 0 Å². The molecule has 2 aliphatic heterocycles. The lowest BCUT2D eigenvalue weighted by Crippen LogP contribution is -2.45. The standard InChI is InChI=1S/C23H27N11O/c1-31-5-3-16(4-6-31)17-9-25-23(26-10-17)33-7-8-35-19(14-33)15-34-22-21(29-30-34)24-12-20(28-22)18-11-27-32(2)13-18/h3,9-13,19H,4-8,14-15H2,1-2H3/t19-/m0/s1. The second-order valence-electron chi connectivity index (χ2n) is 9.03. The lowest BCUT2D eigenvalue weighted by Gasteiger charge is -2.32. The largest absolute Gasteiger partial charge is 0.373 e. The predicted octanol–water partition coefficient (Wildman–Crippen LogP) is 1.04. The van der Waals surface area contributed by atoms with Gasteiger partial charge in [0.25, 0.3) is 0 Å². The smallest absolute Gasteiger partial charge is 0.225 e. The molecule has 0 unspecified atom stereocenters. The molecule has 0 saturated carbocycles. The molecule has 6 rings (SSSR count). The summed E-state index contributed by atoms with van der Waals surface area (Å²) >= 11 is 0. The molecule has 0 aromatic carbocycles. The number of likely N-dealkylation sites (N-methyl/N-ethyl adjacent to an activating group) is 1. The van der Waals surface area contributed by atoms with E-state index in [4.69, 9.17) is 9.72 Å². The normalized spacial score (nSPS) is 19.3. The van der Waals surface area contributed by atoms with Crippen LogP contribution in [0.5, 0.6) is 0 Å². The average molecular weight is 474 g/mol. The lowest BCUT2D eigenvalue weighted by molar-refractivity contribution is 0.0273. The van der Waals surface area contributed by atoms with Crippen LogP contribution in [0, 0.1) is 0 Å². The molecule has 180 valence electrons. The van der Waals surface area contributed by atoms with Crippen molar-refractivity contribution >= 4 is 22.8 Å². The van der Waals surface area contributed by atoms with E-state index in [-0.39, 0.29) is 6.10 Å². The van der Waals surface area contributed by atoms with Crippen LogP contribution in [0.1, 0.15) is 12.0 Å². The first kappa shape index (κ1) is 21.7. The van der Waals surface area contributed by atoms with Crippen molar-refractivity contribution in [3.8, 4) is 11.3 Å². The monoisotopic (exact) mass is 473 g/mol. The molecule has 1 atom stereocenters. The minimum Gasteiger partial charge on any atom is -0.373 e. The number of hydrogen-bond donors (Lipinski definition) is 0. The van der Waals surface area contributed by atoms with Gasteiger partial charge < -0.3 is 14.5 Å². The van der Waals surface area contributed by atoms with Crippen LogP contribution in [-0.2, 0) is 18.3 Å². The van der Waals surface area contributed by atoms with E-state index in [0.717, 1.165) is 48.8 Å². The molecule has 0 amide bonds. The van der Waals surface area contributed by atoms with Crippen molar-refractivity contribution in [2.24, 2.45) is 7.05 Å². The highest BCUT2D eigenvalue weighted by molar-refractivity contribution is 5.69. The second kappa shape index (κ2) is 9.12. The average Bonchev–Trinajstić information content (AvgIpc) is 3.51. The summed E-state index contributed by atoms with van der Waals surface area (Å²) in [7, 11) is 4.01. The molecule has 12 nitrogen and oxygen atoms in total. The van der Waals surface area contributed by atoms with Gasteiger partial charge in [-0.15, -0.1) is 5.10 Å². The first-order chi connectivity index (χ1) is 17.1. The summed E-state index contributed by atoms with van der Waals surface area (Å²) in [6, 6.07) is 0. The molecule has 35 heavy (non-hydrogen) atoms. The predicted molar refractivity (Wildman–Crippen MR) is 129 cm³/mol. The third-order valence-electron chi connectivity index (χ3n) is 6.45. The number of morpholine rings is 1. The number of nitrogens with zero attached hydrogens (tertiary/aromatic N) is 11. The van der Waals surface area contributed by atoms with Gasteiger partial charge >= 0.3 is 0 Å². The molecule has 4 aromatic heterocycles. The SMILES string of the molecule is CN1CC=C(c2cnc(N3CCO[C@H](Cn4nnc5ncc(-c6cnn(C)c6)nc54)C3)nc2)CC1. The van der Waals surface area contributed by atoms with E-state index in [1.165, 1.54) is 5.57 Å². The van der Waals surface area contributed by atoms with Crippen molar-refractivity contribution in [1.82, 2.24) is 49.6 Å². The number of fused-ring (bicyclic) bond motifs is 1. The molecule has 0 radical (unpaired) electrons. The van der Waals surface area contributed by atoms with E-state index in [1.807, 2.05) is 25.6 Å². The summed E-state index contributed by atoms with van der Waals surface area (Å²) in [5, 5.41) is 12.7. The van der Waals surface area contributed by atoms with E-state index in [0.29, 0.717) is 31.0 Å². The summed E-state index contributed by atoms with van der Waals surface area (Å²) < 4.78 is 9.53. The fraction of sp³-hybridized carbons (Fsp3) is 0.435. The Morgan fingerprint density at radius 1 is 1.03 bits per heavy atom. The second-order valence-corrected chi connectivity index (χ2v) is 9.03. The number of aromatic nitrogens is 9. The molecule has 0 N–H and O–H groups in total. The molecule has 0 spiro atoms. The van der Waals surface area contributed by atoms with Crippen molar-refractivity contribution in [3.05, 3.63) is 42.6 Å². The molecule has 6 heterocycles. The molecule has 0 bridgehead atoms. The van der Waals surface area contributed by atoms with Gasteiger partial charge in [0.1, 0.15) is 0 Å². The summed E-state index contributed by atoms with van der Waals surface area (Å²) in [6.45, 7) is 4.52. The van der Waals surface area contributed by atoms with Crippen LogP contribution in [0.2, 0.25) is 0 Å². The number of ether oxygens (including phenoxy) is 1.